The summed E-state index contributed by atoms with van der Waals surface area (Å²) in [4.78, 5) is 0. The van der Waals surface area contributed by atoms with Crippen LogP contribution < -0.4 is 10.1 Å². The summed E-state index contributed by atoms with van der Waals surface area (Å²) in [6, 6.07) is 8.98. The topological polar surface area (TPSA) is 21.3 Å². The Morgan fingerprint density at radius 1 is 1.05 bits per heavy atom. The zero-order valence-corrected chi connectivity index (χ0v) is 12.6. The van der Waals surface area contributed by atoms with Crippen molar-refractivity contribution in [2.75, 3.05) is 5.32 Å². The highest BCUT2D eigenvalue weighted by molar-refractivity contribution is 5.47. The predicted molar refractivity (Wildman–Crippen MR) is 81.8 cm³/mol. The van der Waals surface area contributed by atoms with Gasteiger partial charge in [-0.1, -0.05) is 13.8 Å². The van der Waals surface area contributed by atoms with E-state index in [1.807, 2.05) is 0 Å². The summed E-state index contributed by atoms with van der Waals surface area (Å²) in [6.07, 6.45) is 4.15. The molecule has 1 fully saturated rings. The molecular formula is C17H27NO. The molecule has 3 unspecified atom stereocenters. The Labute approximate surface area is 117 Å². The average molecular weight is 261 g/mol. The van der Waals surface area contributed by atoms with E-state index in [2.05, 4.69) is 57.3 Å². The number of rotatable bonds is 4. The Morgan fingerprint density at radius 3 is 2.32 bits per heavy atom. The van der Waals surface area contributed by atoms with Crippen molar-refractivity contribution < 1.29 is 4.74 Å². The average Bonchev–Trinajstić information content (AvgIpc) is 2.36. The van der Waals surface area contributed by atoms with E-state index in [1.54, 1.807) is 0 Å². The Kier molecular flexibility index (Phi) is 4.73. The van der Waals surface area contributed by atoms with E-state index in [0.717, 1.165) is 17.6 Å². The van der Waals surface area contributed by atoms with Crippen molar-refractivity contribution in [2.45, 2.75) is 59.1 Å². The van der Waals surface area contributed by atoms with Gasteiger partial charge < -0.3 is 10.1 Å². The fourth-order valence-electron chi connectivity index (χ4n) is 2.82. The van der Waals surface area contributed by atoms with Crippen LogP contribution in [-0.2, 0) is 0 Å². The summed E-state index contributed by atoms with van der Waals surface area (Å²) >= 11 is 0. The van der Waals surface area contributed by atoms with Crippen molar-refractivity contribution >= 4 is 5.69 Å². The molecule has 0 aromatic heterocycles. The van der Waals surface area contributed by atoms with Crippen LogP contribution in [0.2, 0.25) is 0 Å². The summed E-state index contributed by atoms with van der Waals surface area (Å²) in [5, 5.41) is 3.66. The van der Waals surface area contributed by atoms with Crippen LogP contribution in [0.15, 0.2) is 24.3 Å². The van der Waals surface area contributed by atoms with Crippen LogP contribution in [0.4, 0.5) is 5.69 Å². The van der Waals surface area contributed by atoms with Gasteiger partial charge in [-0.05, 0) is 69.2 Å². The second-order valence-electron chi connectivity index (χ2n) is 6.30. The van der Waals surface area contributed by atoms with Crippen molar-refractivity contribution in [2.24, 2.45) is 11.8 Å². The zero-order valence-electron chi connectivity index (χ0n) is 12.6. The van der Waals surface area contributed by atoms with Crippen LogP contribution in [0.3, 0.4) is 0 Å². The van der Waals surface area contributed by atoms with E-state index in [0.29, 0.717) is 6.04 Å². The summed E-state index contributed by atoms with van der Waals surface area (Å²) < 4.78 is 5.66. The van der Waals surface area contributed by atoms with Gasteiger partial charge in [0.2, 0.25) is 0 Å². The van der Waals surface area contributed by atoms with E-state index in [4.69, 9.17) is 4.74 Å². The molecule has 1 saturated carbocycles. The lowest BCUT2D eigenvalue weighted by Crippen LogP contribution is -2.30. The minimum Gasteiger partial charge on any atom is -0.491 e. The van der Waals surface area contributed by atoms with Gasteiger partial charge in [0.15, 0.2) is 0 Å². The summed E-state index contributed by atoms with van der Waals surface area (Å²) in [7, 11) is 0. The lowest BCUT2D eigenvalue weighted by Gasteiger charge is -2.33. The van der Waals surface area contributed by atoms with Gasteiger partial charge in [-0.15, -0.1) is 0 Å². The number of ether oxygens (including phenoxy) is 1. The molecule has 19 heavy (non-hydrogen) atoms. The molecule has 0 aliphatic heterocycles. The molecule has 0 spiro atoms. The van der Waals surface area contributed by atoms with Crippen molar-refractivity contribution in [3.05, 3.63) is 24.3 Å². The van der Waals surface area contributed by atoms with Gasteiger partial charge in [0, 0.05) is 11.7 Å². The smallest absolute Gasteiger partial charge is 0.119 e. The van der Waals surface area contributed by atoms with Crippen molar-refractivity contribution in [3.63, 3.8) is 0 Å². The standard InChI is InChI=1S/C17H27NO/c1-12(2)19-17-9-7-15(8-10-17)18-16-6-5-13(3)14(4)11-16/h7-10,12-14,16,18H,5-6,11H2,1-4H3. The first-order valence-electron chi connectivity index (χ1n) is 7.58. The molecule has 2 rings (SSSR count). The fraction of sp³-hybridized carbons (Fsp3) is 0.647. The van der Waals surface area contributed by atoms with E-state index < -0.39 is 0 Å². The molecule has 3 atom stereocenters. The number of anilines is 1. The molecule has 1 N–H and O–H groups in total. The molecule has 1 aromatic carbocycles. The van der Waals surface area contributed by atoms with Gasteiger partial charge in [-0.3, -0.25) is 0 Å². The lowest BCUT2D eigenvalue weighted by molar-refractivity contribution is 0.242. The van der Waals surface area contributed by atoms with Gasteiger partial charge in [0.25, 0.3) is 0 Å². The monoisotopic (exact) mass is 261 g/mol. The van der Waals surface area contributed by atoms with Crippen LogP contribution in [0.1, 0.15) is 47.0 Å². The SMILES string of the molecule is CC(C)Oc1ccc(NC2CCC(C)C(C)C2)cc1. The van der Waals surface area contributed by atoms with Crippen LogP contribution in [0.25, 0.3) is 0 Å². The Balaban J connectivity index is 1.89. The number of hydrogen-bond donors (Lipinski definition) is 1. The molecule has 1 aliphatic carbocycles. The van der Waals surface area contributed by atoms with Crippen molar-refractivity contribution in [3.8, 4) is 5.75 Å². The maximum absolute atomic E-state index is 5.66. The third kappa shape index (κ3) is 4.15. The summed E-state index contributed by atoms with van der Waals surface area (Å²) in [6.45, 7) is 8.85. The largest absolute Gasteiger partial charge is 0.491 e. The van der Waals surface area contributed by atoms with Gasteiger partial charge >= 0.3 is 0 Å². The fourth-order valence-corrected chi connectivity index (χ4v) is 2.82. The van der Waals surface area contributed by atoms with E-state index >= 15 is 0 Å². The first-order chi connectivity index (χ1) is 9.04. The Bertz CT molecular complexity index is 385. The molecule has 1 aliphatic rings. The van der Waals surface area contributed by atoms with E-state index in [1.165, 1.54) is 24.9 Å². The molecular weight excluding hydrogens is 234 g/mol. The highest BCUT2D eigenvalue weighted by Crippen LogP contribution is 2.31. The normalized spacial score (nSPS) is 27.3. The highest BCUT2D eigenvalue weighted by atomic mass is 16.5. The third-order valence-corrected chi connectivity index (χ3v) is 4.20. The summed E-state index contributed by atoms with van der Waals surface area (Å²) in [5.74, 6) is 2.65. The molecule has 0 bridgehead atoms. The predicted octanol–water partition coefficient (Wildman–Crippen LogP) is 4.71. The van der Waals surface area contributed by atoms with Crippen LogP contribution in [0.5, 0.6) is 5.75 Å². The Hall–Kier alpha value is -1.18. The molecule has 0 amide bonds. The highest BCUT2D eigenvalue weighted by Gasteiger charge is 2.24. The third-order valence-electron chi connectivity index (χ3n) is 4.20. The second kappa shape index (κ2) is 6.31. The minimum absolute atomic E-state index is 0.236. The quantitative estimate of drug-likeness (QED) is 0.847. The van der Waals surface area contributed by atoms with Crippen LogP contribution in [0, 0.1) is 11.8 Å². The molecule has 2 heteroatoms. The number of nitrogens with one attached hydrogen (secondary N) is 1. The van der Waals surface area contributed by atoms with Gasteiger partial charge in [-0.25, -0.2) is 0 Å². The molecule has 0 saturated heterocycles. The molecule has 0 radical (unpaired) electrons. The van der Waals surface area contributed by atoms with Gasteiger partial charge in [0.1, 0.15) is 5.75 Å². The van der Waals surface area contributed by atoms with Gasteiger partial charge in [0.05, 0.1) is 6.10 Å². The van der Waals surface area contributed by atoms with E-state index in [9.17, 15) is 0 Å². The number of benzene rings is 1. The molecule has 0 heterocycles. The zero-order chi connectivity index (χ0) is 13.8. The lowest BCUT2D eigenvalue weighted by atomic mass is 9.79. The van der Waals surface area contributed by atoms with E-state index in [-0.39, 0.29) is 6.10 Å². The minimum atomic E-state index is 0.236. The van der Waals surface area contributed by atoms with Crippen LogP contribution in [-0.4, -0.2) is 12.1 Å². The van der Waals surface area contributed by atoms with Crippen LogP contribution >= 0.6 is 0 Å². The molecule has 106 valence electrons. The molecule has 2 nitrogen and oxygen atoms in total. The van der Waals surface area contributed by atoms with Crippen molar-refractivity contribution in [1.29, 1.82) is 0 Å². The second-order valence-corrected chi connectivity index (χ2v) is 6.30. The molecule has 1 aromatic rings. The summed E-state index contributed by atoms with van der Waals surface area (Å²) in [5.41, 5.74) is 1.21. The maximum Gasteiger partial charge on any atom is 0.119 e. The first-order valence-corrected chi connectivity index (χ1v) is 7.58. The Morgan fingerprint density at radius 2 is 1.74 bits per heavy atom. The maximum atomic E-state index is 5.66. The van der Waals surface area contributed by atoms with Crippen molar-refractivity contribution in [1.82, 2.24) is 0 Å². The van der Waals surface area contributed by atoms with Gasteiger partial charge in [-0.2, -0.15) is 0 Å². The first kappa shape index (κ1) is 14.2. The number of hydrogen-bond acceptors (Lipinski definition) is 2.